The van der Waals surface area contributed by atoms with Gasteiger partial charge in [0, 0.05) is 45.8 Å². The minimum Gasteiger partial charge on any atom is -0.369 e. The molecular weight excluding hydrogens is 206 g/mol. The topological polar surface area (TPSA) is 18.5 Å². The smallest absolute Gasteiger partial charge is 0.0640 e. The fourth-order valence-corrected chi connectivity index (χ4v) is 2.71. The Labute approximate surface area is 97.8 Å². The van der Waals surface area contributed by atoms with Gasteiger partial charge in [-0.15, -0.1) is 0 Å². The summed E-state index contributed by atoms with van der Waals surface area (Å²) in [7, 11) is 0. The van der Waals surface area contributed by atoms with E-state index in [0.717, 1.165) is 5.92 Å². The van der Waals surface area contributed by atoms with Crippen LogP contribution in [-0.2, 0) is 0 Å². The second kappa shape index (κ2) is 5.77. The molecule has 4 heteroatoms. The van der Waals surface area contributed by atoms with Crippen LogP contribution in [0.2, 0.25) is 0 Å². The average molecular weight is 227 g/mol. The van der Waals surface area contributed by atoms with Crippen LogP contribution >= 0.6 is 12.2 Å². The molecule has 15 heavy (non-hydrogen) atoms. The Kier molecular flexibility index (Phi) is 4.35. The third-order valence-corrected chi connectivity index (χ3v) is 3.82. The van der Waals surface area contributed by atoms with E-state index in [0.29, 0.717) is 0 Å². The Hall–Kier alpha value is -0.190. The highest BCUT2D eigenvalue weighted by atomic mass is 32.1. The molecule has 0 spiro atoms. The van der Waals surface area contributed by atoms with Crippen molar-refractivity contribution >= 4 is 17.7 Å². The number of likely N-dealkylation sites (tertiary alicyclic amines) is 1. The summed E-state index contributed by atoms with van der Waals surface area (Å²) in [6, 6.07) is 0. The summed E-state index contributed by atoms with van der Waals surface area (Å²) in [5.41, 5.74) is 1.82. The summed E-state index contributed by atoms with van der Waals surface area (Å²) < 4.78 is 0. The zero-order valence-electron chi connectivity index (χ0n) is 9.32. The summed E-state index contributed by atoms with van der Waals surface area (Å²) in [6.07, 6.45) is 2.63. The number of piperidine rings is 1. The first-order chi connectivity index (χ1) is 7.38. The molecule has 1 N–H and O–H groups in total. The number of piperazine rings is 1. The van der Waals surface area contributed by atoms with Gasteiger partial charge in [-0.25, -0.2) is 0 Å². The number of rotatable bonds is 3. The lowest BCUT2D eigenvalue weighted by atomic mass is 9.96. The lowest BCUT2D eigenvalue weighted by Gasteiger charge is -2.35. The Morgan fingerprint density at radius 2 is 1.80 bits per heavy atom. The van der Waals surface area contributed by atoms with E-state index in [1.807, 2.05) is 5.49 Å². The van der Waals surface area contributed by atoms with E-state index in [1.165, 1.54) is 58.7 Å². The van der Waals surface area contributed by atoms with Gasteiger partial charge in [-0.1, -0.05) is 12.2 Å². The zero-order valence-corrected chi connectivity index (χ0v) is 10.1. The van der Waals surface area contributed by atoms with Crippen molar-refractivity contribution in [2.75, 3.05) is 45.8 Å². The first-order valence-electron chi connectivity index (χ1n) is 6.01. The second-order valence-electron chi connectivity index (χ2n) is 4.64. The second-order valence-corrected chi connectivity index (χ2v) is 4.85. The number of nitrogens with zero attached hydrogens (tertiary/aromatic N) is 2. The minimum atomic E-state index is 0.897. The summed E-state index contributed by atoms with van der Waals surface area (Å²) in [4.78, 5) is 4.87. The van der Waals surface area contributed by atoms with Crippen molar-refractivity contribution in [1.29, 1.82) is 0 Å². The molecule has 2 saturated heterocycles. The quantitative estimate of drug-likeness (QED) is 0.710. The van der Waals surface area contributed by atoms with Crippen LogP contribution in [-0.4, -0.2) is 61.1 Å². The molecule has 2 heterocycles. The molecule has 0 unspecified atom stereocenters. The number of hydrogen-bond donors (Lipinski definition) is 1. The normalized spacial score (nSPS) is 25.5. The van der Waals surface area contributed by atoms with Crippen LogP contribution in [0.1, 0.15) is 12.8 Å². The maximum absolute atomic E-state index is 4.95. The SMILES string of the molecule is S=CN1CCC(CN2CCNCC2)CC1. The van der Waals surface area contributed by atoms with Crippen molar-refractivity contribution in [3.05, 3.63) is 0 Å². The Balaban J connectivity index is 1.69. The van der Waals surface area contributed by atoms with E-state index in [-0.39, 0.29) is 0 Å². The third kappa shape index (κ3) is 3.40. The van der Waals surface area contributed by atoms with Crippen LogP contribution < -0.4 is 5.32 Å². The van der Waals surface area contributed by atoms with Gasteiger partial charge in [0.15, 0.2) is 0 Å². The summed E-state index contributed by atoms with van der Waals surface area (Å²) in [5, 5.41) is 3.40. The van der Waals surface area contributed by atoms with Gasteiger partial charge in [0.25, 0.3) is 0 Å². The van der Waals surface area contributed by atoms with Gasteiger partial charge in [-0.05, 0) is 18.8 Å². The standard InChI is InChI=1S/C11H21N3S/c15-10-14-5-1-11(2-6-14)9-13-7-3-12-4-8-13/h10-12H,1-9H2. The van der Waals surface area contributed by atoms with Crippen LogP contribution in [0.15, 0.2) is 0 Å². The molecule has 3 nitrogen and oxygen atoms in total. The molecule has 0 aliphatic carbocycles. The highest BCUT2D eigenvalue weighted by Crippen LogP contribution is 2.17. The van der Waals surface area contributed by atoms with Crippen molar-refractivity contribution in [3.63, 3.8) is 0 Å². The molecule has 2 aliphatic rings. The van der Waals surface area contributed by atoms with Gasteiger partial charge in [-0.3, -0.25) is 0 Å². The van der Waals surface area contributed by atoms with Crippen molar-refractivity contribution in [3.8, 4) is 0 Å². The van der Waals surface area contributed by atoms with Crippen LogP contribution in [0.3, 0.4) is 0 Å². The molecule has 0 aromatic rings. The Morgan fingerprint density at radius 1 is 1.13 bits per heavy atom. The fraction of sp³-hybridized carbons (Fsp3) is 0.909. The van der Waals surface area contributed by atoms with Crippen molar-refractivity contribution in [2.24, 2.45) is 5.92 Å². The van der Waals surface area contributed by atoms with E-state index >= 15 is 0 Å². The first kappa shape index (κ1) is 11.3. The van der Waals surface area contributed by atoms with Crippen LogP contribution in [0, 0.1) is 5.92 Å². The van der Waals surface area contributed by atoms with Crippen molar-refractivity contribution < 1.29 is 0 Å². The molecule has 0 atom stereocenters. The van der Waals surface area contributed by atoms with Gasteiger partial charge < -0.3 is 15.1 Å². The molecule has 2 aliphatic heterocycles. The van der Waals surface area contributed by atoms with E-state index < -0.39 is 0 Å². The van der Waals surface area contributed by atoms with E-state index in [1.54, 1.807) is 0 Å². The average Bonchev–Trinajstić information content (AvgIpc) is 2.31. The Bertz CT molecular complexity index is 196. The maximum Gasteiger partial charge on any atom is 0.0640 e. The largest absolute Gasteiger partial charge is 0.369 e. The van der Waals surface area contributed by atoms with Gasteiger partial charge in [-0.2, -0.15) is 0 Å². The number of nitrogens with one attached hydrogen (secondary N) is 1. The predicted octanol–water partition coefficient (Wildman–Crippen LogP) is 0.561. The zero-order chi connectivity index (χ0) is 10.5. The summed E-state index contributed by atoms with van der Waals surface area (Å²) in [5.74, 6) is 0.897. The minimum absolute atomic E-state index is 0.897. The molecular formula is C11H21N3S. The molecule has 2 fully saturated rings. The number of thiocarbonyl (C=S) groups is 1. The van der Waals surface area contributed by atoms with Crippen molar-refractivity contribution in [1.82, 2.24) is 15.1 Å². The Morgan fingerprint density at radius 3 is 2.40 bits per heavy atom. The van der Waals surface area contributed by atoms with Crippen LogP contribution in [0.5, 0.6) is 0 Å². The predicted molar refractivity (Wildman–Crippen MR) is 67.3 cm³/mol. The highest BCUT2D eigenvalue weighted by molar-refractivity contribution is 7.78. The van der Waals surface area contributed by atoms with E-state index in [9.17, 15) is 0 Å². The molecule has 0 bridgehead atoms. The van der Waals surface area contributed by atoms with Gasteiger partial charge in [0.1, 0.15) is 0 Å². The van der Waals surface area contributed by atoms with Crippen molar-refractivity contribution in [2.45, 2.75) is 12.8 Å². The van der Waals surface area contributed by atoms with Gasteiger partial charge in [0.05, 0.1) is 5.49 Å². The first-order valence-corrected chi connectivity index (χ1v) is 6.48. The van der Waals surface area contributed by atoms with Gasteiger partial charge >= 0.3 is 0 Å². The molecule has 0 aromatic carbocycles. The highest BCUT2D eigenvalue weighted by Gasteiger charge is 2.20. The van der Waals surface area contributed by atoms with Gasteiger partial charge in [0.2, 0.25) is 0 Å². The molecule has 2 rings (SSSR count). The molecule has 86 valence electrons. The van der Waals surface area contributed by atoms with Crippen LogP contribution in [0.25, 0.3) is 0 Å². The molecule has 0 amide bonds. The van der Waals surface area contributed by atoms with E-state index in [4.69, 9.17) is 12.2 Å². The van der Waals surface area contributed by atoms with E-state index in [2.05, 4.69) is 15.1 Å². The number of hydrogen-bond acceptors (Lipinski definition) is 3. The fourth-order valence-electron chi connectivity index (χ4n) is 2.50. The molecule has 0 aromatic heterocycles. The maximum atomic E-state index is 4.95. The molecule has 0 radical (unpaired) electrons. The molecule has 0 saturated carbocycles. The lowest BCUT2D eigenvalue weighted by Crippen LogP contribution is -2.46. The lowest BCUT2D eigenvalue weighted by molar-refractivity contribution is 0.167. The summed E-state index contributed by atoms with van der Waals surface area (Å²) >= 11 is 4.95. The summed E-state index contributed by atoms with van der Waals surface area (Å²) in [6.45, 7) is 8.42. The third-order valence-electron chi connectivity index (χ3n) is 3.52. The van der Waals surface area contributed by atoms with Crippen LogP contribution in [0.4, 0.5) is 0 Å². The monoisotopic (exact) mass is 227 g/mol.